The summed E-state index contributed by atoms with van der Waals surface area (Å²) in [5, 5.41) is 17.2. The van der Waals surface area contributed by atoms with Gasteiger partial charge in [-0.3, -0.25) is 9.48 Å². The monoisotopic (exact) mass is 244 g/mol. The molecular weight excluding hydrogens is 232 g/mol. The Morgan fingerprint density at radius 3 is 2.94 bits per heavy atom. The van der Waals surface area contributed by atoms with Crippen LogP contribution in [0.5, 0.6) is 0 Å². The fourth-order valence-electron chi connectivity index (χ4n) is 2.19. The highest BCUT2D eigenvalue weighted by Crippen LogP contribution is 2.37. The first-order valence-electron chi connectivity index (χ1n) is 5.57. The summed E-state index contributed by atoms with van der Waals surface area (Å²) in [5.74, 6) is 0.135. The first-order chi connectivity index (χ1) is 8.61. The predicted molar refractivity (Wildman–Crippen MR) is 63.7 cm³/mol. The van der Waals surface area contributed by atoms with E-state index >= 15 is 0 Å². The molecule has 2 heterocycles. The highest BCUT2D eigenvalue weighted by Gasteiger charge is 2.45. The van der Waals surface area contributed by atoms with Crippen LogP contribution in [-0.4, -0.2) is 25.8 Å². The fourth-order valence-corrected chi connectivity index (χ4v) is 2.19. The summed E-state index contributed by atoms with van der Waals surface area (Å²) >= 11 is 0. The molecule has 6 heteroatoms. The van der Waals surface area contributed by atoms with Gasteiger partial charge in [0.15, 0.2) is 5.60 Å². The van der Waals surface area contributed by atoms with Crippen molar-refractivity contribution in [3.05, 3.63) is 42.0 Å². The topological polar surface area (TPSA) is 80.0 Å². The Kier molecular flexibility index (Phi) is 2.21. The molecule has 1 aromatic carbocycles. The number of benzene rings is 1. The van der Waals surface area contributed by atoms with Gasteiger partial charge in [0, 0.05) is 24.7 Å². The van der Waals surface area contributed by atoms with Crippen molar-refractivity contribution < 1.29 is 9.90 Å². The lowest BCUT2D eigenvalue weighted by Gasteiger charge is -2.19. The largest absolute Gasteiger partial charge is 0.375 e. The molecule has 0 saturated carbocycles. The van der Waals surface area contributed by atoms with Gasteiger partial charge in [-0.1, -0.05) is 18.2 Å². The molecule has 0 fully saturated rings. The quantitative estimate of drug-likeness (QED) is 0.790. The number of carbonyl (C=O) groups excluding carboxylic acids is 1. The molecule has 6 nitrogen and oxygen atoms in total. The van der Waals surface area contributed by atoms with Crippen LogP contribution in [0, 0.1) is 0 Å². The number of fused-ring (bicyclic) bond motifs is 1. The number of hydrogen-bond acceptors (Lipinski definition) is 4. The Bertz CT molecular complexity index is 622. The van der Waals surface area contributed by atoms with E-state index in [4.69, 9.17) is 0 Å². The van der Waals surface area contributed by atoms with Gasteiger partial charge in [0.2, 0.25) is 0 Å². The van der Waals surface area contributed by atoms with Crippen LogP contribution in [0.25, 0.3) is 0 Å². The van der Waals surface area contributed by atoms with Crippen molar-refractivity contribution in [3.63, 3.8) is 0 Å². The number of aromatic nitrogens is 3. The number of aliphatic hydroxyl groups is 1. The van der Waals surface area contributed by atoms with E-state index in [1.54, 1.807) is 29.9 Å². The zero-order chi connectivity index (χ0) is 12.8. The summed E-state index contributed by atoms with van der Waals surface area (Å²) in [7, 11) is 1.73. The Labute approximate surface area is 103 Å². The number of anilines is 1. The van der Waals surface area contributed by atoms with Crippen LogP contribution < -0.4 is 5.32 Å². The highest BCUT2D eigenvalue weighted by molar-refractivity contribution is 6.04. The van der Waals surface area contributed by atoms with Crippen molar-refractivity contribution in [2.24, 2.45) is 7.05 Å². The van der Waals surface area contributed by atoms with Gasteiger partial charge in [-0.15, -0.1) is 0 Å². The molecule has 0 bridgehead atoms. The zero-order valence-electron chi connectivity index (χ0n) is 9.79. The Hall–Kier alpha value is -2.21. The van der Waals surface area contributed by atoms with E-state index < -0.39 is 11.5 Å². The van der Waals surface area contributed by atoms with Crippen molar-refractivity contribution in [1.82, 2.24) is 14.8 Å². The van der Waals surface area contributed by atoms with Crippen LogP contribution in [0.3, 0.4) is 0 Å². The van der Waals surface area contributed by atoms with Crippen LogP contribution in [0.2, 0.25) is 0 Å². The molecule has 1 aliphatic rings. The van der Waals surface area contributed by atoms with E-state index in [0.29, 0.717) is 17.1 Å². The second-order valence-corrected chi connectivity index (χ2v) is 4.34. The normalized spacial score (nSPS) is 21.8. The van der Waals surface area contributed by atoms with Crippen LogP contribution in [0.4, 0.5) is 5.69 Å². The average molecular weight is 244 g/mol. The predicted octanol–water partition coefficient (Wildman–Crippen LogP) is 0.197. The zero-order valence-corrected chi connectivity index (χ0v) is 9.79. The molecule has 1 aliphatic heterocycles. The summed E-state index contributed by atoms with van der Waals surface area (Å²) in [5.41, 5.74) is -0.345. The minimum Gasteiger partial charge on any atom is -0.375 e. The van der Waals surface area contributed by atoms with Crippen LogP contribution >= 0.6 is 0 Å². The van der Waals surface area contributed by atoms with E-state index in [0.717, 1.165) is 0 Å². The number of hydrogen-bond donors (Lipinski definition) is 2. The summed E-state index contributed by atoms with van der Waals surface area (Å²) in [4.78, 5) is 16.0. The van der Waals surface area contributed by atoms with Gasteiger partial charge in [-0.05, 0) is 6.07 Å². The lowest BCUT2D eigenvalue weighted by molar-refractivity contribution is -0.133. The van der Waals surface area contributed by atoms with Crippen LogP contribution in [0.15, 0.2) is 30.6 Å². The molecule has 18 heavy (non-hydrogen) atoms. The van der Waals surface area contributed by atoms with Gasteiger partial charge in [0.1, 0.15) is 12.2 Å². The third-order valence-electron chi connectivity index (χ3n) is 3.22. The molecule has 1 aromatic heterocycles. The summed E-state index contributed by atoms with van der Waals surface area (Å²) in [6, 6.07) is 7.11. The molecule has 0 saturated heterocycles. The number of amides is 1. The van der Waals surface area contributed by atoms with Crippen LogP contribution in [0.1, 0.15) is 11.4 Å². The first kappa shape index (κ1) is 10.9. The molecule has 1 amide bonds. The van der Waals surface area contributed by atoms with Gasteiger partial charge in [0.05, 0.1) is 0 Å². The van der Waals surface area contributed by atoms with Gasteiger partial charge >= 0.3 is 0 Å². The molecule has 2 N–H and O–H groups in total. The van der Waals surface area contributed by atoms with E-state index in [1.165, 1.54) is 6.33 Å². The molecule has 0 spiro atoms. The Balaban J connectivity index is 2.04. The second kappa shape index (κ2) is 3.64. The Morgan fingerprint density at radius 1 is 1.44 bits per heavy atom. The standard InChI is InChI=1S/C12H12N4O2/c1-16-10(13-7-14-16)6-12(18)8-4-2-3-5-9(8)15-11(12)17/h2-5,7,18H,6H2,1H3,(H,15,17). The molecule has 3 rings (SSSR count). The number of rotatable bonds is 2. The van der Waals surface area contributed by atoms with Crippen LogP contribution in [-0.2, 0) is 23.9 Å². The number of carbonyl (C=O) groups is 1. The third kappa shape index (κ3) is 1.42. The molecule has 0 radical (unpaired) electrons. The minimum absolute atomic E-state index is 0.104. The molecular formula is C12H12N4O2. The molecule has 2 aromatic rings. The fraction of sp³-hybridized carbons (Fsp3) is 0.250. The third-order valence-corrected chi connectivity index (χ3v) is 3.22. The maximum absolute atomic E-state index is 12.0. The van der Waals surface area contributed by atoms with Crippen molar-refractivity contribution >= 4 is 11.6 Å². The molecule has 0 aliphatic carbocycles. The Morgan fingerprint density at radius 2 is 2.22 bits per heavy atom. The van der Waals surface area contributed by atoms with E-state index in [-0.39, 0.29) is 6.42 Å². The number of nitrogens with zero attached hydrogens (tertiary/aromatic N) is 3. The smallest absolute Gasteiger partial charge is 0.261 e. The number of aryl methyl sites for hydroxylation is 1. The molecule has 1 atom stereocenters. The van der Waals surface area contributed by atoms with E-state index in [9.17, 15) is 9.90 Å². The first-order valence-corrected chi connectivity index (χ1v) is 5.57. The second-order valence-electron chi connectivity index (χ2n) is 4.34. The lowest BCUT2D eigenvalue weighted by Crippen LogP contribution is -2.37. The lowest BCUT2D eigenvalue weighted by atomic mass is 9.91. The highest BCUT2D eigenvalue weighted by atomic mass is 16.3. The van der Waals surface area contributed by atoms with Gasteiger partial charge in [0.25, 0.3) is 5.91 Å². The molecule has 92 valence electrons. The summed E-state index contributed by atoms with van der Waals surface area (Å²) in [6.07, 6.45) is 1.50. The average Bonchev–Trinajstić information content (AvgIpc) is 2.85. The van der Waals surface area contributed by atoms with Gasteiger partial charge in [-0.25, -0.2) is 4.98 Å². The minimum atomic E-state index is -1.57. The summed E-state index contributed by atoms with van der Waals surface area (Å²) in [6.45, 7) is 0. The SMILES string of the molecule is Cn1ncnc1CC1(O)C(=O)Nc2ccccc21. The van der Waals surface area contributed by atoms with E-state index in [2.05, 4.69) is 15.4 Å². The van der Waals surface area contributed by atoms with Crippen molar-refractivity contribution in [1.29, 1.82) is 0 Å². The maximum atomic E-state index is 12.0. The molecule has 1 unspecified atom stereocenters. The maximum Gasteiger partial charge on any atom is 0.261 e. The van der Waals surface area contributed by atoms with Gasteiger partial charge in [-0.2, -0.15) is 5.10 Å². The number of para-hydroxylation sites is 1. The van der Waals surface area contributed by atoms with E-state index in [1.807, 2.05) is 6.07 Å². The number of nitrogens with one attached hydrogen (secondary N) is 1. The summed E-state index contributed by atoms with van der Waals surface area (Å²) < 4.78 is 1.55. The van der Waals surface area contributed by atoms with Gasteiger partial charge < -0.3 is 10.4 Å². The van der Waals surface area contributed by atoms with Crippen molar-refractivity contribution in [2.75, 3.05) is 5.32 Å². The van der Waals surface area contributed by atoms with Crippen molar-refractivity contribution in [2.45, 2.75) is 12.0 Å². The van der Waals surface area contributed by atoms with Crippen molar-refractivity contribution in [3.8, 4) is 0 Å².